The van der Waals surface area contributed by atoms with Gasteiger partial charge in [-0.25, -0.2) is 19.7 Å². The first kappa shape index (κ1) is 57.4. The first-order chi connectivity index (χ1) is 42.5. The van der Waals surface area contributed by atoms with Crippen molar-refractivity contribution < 1.29 is 24.3 Å². The second kappa shape index (κ2) is 24.2. The van der Waals surface area contributed by atoms with Crippen LogP contribution in [-0.2, 0) is 14.4 Å². The summed E-state index contributed by atoms with van der Waals surface area (Å²) in [6.45, 7) is 3.11. The number of anilines is 2. The number of hydrogen-bond donors (Lipinski definition) is 5. The monoisotopic (exact) mass is 1180 g/mol. The Hall–Kier alpha value is -9.70. The predicted molar refractivity (Wildman–Crippen MR) is 334 cm³/mol. The number of rotatable bonds is 12. The highest BCUT2D eigenvalue weighted by Crippen LogP contribution is 2.52. The minimum atomic E-state index is -0.984. The highest BCUT2D eigenvalue weighted by atomic mass is 16.4. The molecule has 6 fully saturated rings. The van der Waals surface area contributed by atoms with Crippen molar-refractivity contribution in [2.75, 3.05) is 10.6 Å². The highest BCUT2D eigenvalue weighted by molar-refractivity contribution is 6.38. The van der Waals surface area contributed by atoms with Crippen LogP contribution in [0, 0.1) is 0 Å². The number of amides is 3. The number of nitrogens with one attached hydrogen (secondary N) is 4. The molecule has 7 aliphatic rings. The molecule has 9 aromatic rings. The minimum Gasteiger partial charge on any atom is -0.477 e. The summed E-state index contributed by atoms with van der Waals surface area (Å²) >= 11 is 0. The van der Waals surface area contributed by atoms with Crippen LogP contribution in [0.1, 0.15) is 162 Å². The summed E-state index contributed by atoms with van der Waals surface area (Å²) in [5.41, 5.74) is 13.8. The van der Waals surface area contributed by atoms with Gasteiger partial charge in [-0.3, -0.25) is 29.5 Å². The zero-order valence-corrected chi connectivity index (χ0v) is 48.3. The van der Waals surface area contributed by atoms with E-state index >= 15 is 0 Å². The van der Waals surface area contributed by atoms with Crippen molar-refractivity contribution in [1.29, 1.82) is 0 Å². The Labute approximate surface area is 507 Å². The van der Waals surface area contributed by atoms with Gasteiger partial charge in [0.2, 0.25) is 17.6 Å². The Morgan fingerprint density at radius 1 is 0.568 bits per heavy atom. The zero-order valence-electron chi connectivity index (χ0n) is 48.3. The van der Waals surface area contributed by atoms with E-state index in [1.807, 2.05) is 101 Å². The van der Waals surface area contributed by atoms with E-state index in [0.717, 1.165) is 132 Å². The molecule has 0 radical (unpaired) electrons. The molecule has 2 aliphatic carbocycles. The van der Waals surface area contributed by atoms with Gasteiger partial charge in [-0.05, 0) is 101 Å². The number of carbonyl (C=O) groups excluding carboxylic acids is 3. The van der Waals surface area contributed by atoms with Gasteiger partial charge in [0.1, 0.15) is 18.0 Å². The van der Waals surface area contributed by atoms with Crippen molar-refractivity contribution in [2.45, 2.75) is 153 Å². The number of benzene rings is 2. The van der Waals surface area contributed by atoms with Crippen LogP contribution in [0.4, 0.5) is 11.6 Å². The van der Waals surface area contributed by atoms with Crippen LogP contribution in [0.2, 0.25) is 0 Å². The van der Waals surface area contributed by atoms with Crippen molar-refractivity contribution in [3.05, 3.63) is 144 Å². The van der Waals surface area contributed by atoms with Crippen molar-refractivity contribution in [2.24, 2.45) is 10.2 Å². The molecule has 2 saturated carbocycles. The largest absolute Gasteiger partial charge is 0.477 e. The summed E-state index contributed by atoms with van der Waals surface area (Å²) < 4.78 is 3.63. The summed E-state index contributed by atoms with van der Waals surface area (Å²) in [5, 5.41) is 41.0. The first-order valence-corrected chi connectivity index (χ1v) is 30.2. The van der Waals surface area contributed by atoms with Crippen LogP contribution in [0.3, 0.4) is 0 Å². The fourth-order valence-electron chi connectivity index (χ4n) is 13.7. The van der Waals surface area contributed by atoms with Gasteiger partial charge in [-0.15, -0.1) is 5.10 Å². The van der Waals surface area contributed by atoms with E-state index in [4.69, 9.17) is 35.2 Å². The van der Waals surface area contributed by atoms with Crippen molar-refractivity contribution in [1.82, 2.24) is 64.6 Å². The quantitative estimate of drug-likeness (QED) is 0.0761. The molecule has 4 saturated heterocycles. The average Bonchev–Trinajstić information content (AvgIpc) is 1.68. The second-order valence-electron chi connectivity index (χ2n) is 23.9. The molecular weight excluding hydrogens is 1110 g/mol. The lowest BCUT2D eigenvalue weighted by Gasteiger charge is -2.39. The third-order valence-corrected chi connectivity index (χ3v) is 17.9. The third kappa shape index (κ3) is 11.5. The first-order valence-electron chi connectivity index (χ1n) is 30.2. The fourth-order valence-corrected chi connectivity index (χ4v) is 13.7. The van der Waals surface area contributed by atoms with Crippen molar-refractivity contribution in [3.8, 4) is 44.8 Å². The minimum absolute atomic E-state index is 0. The maximum atomic E-state index is 13.3. The molecule has 2 aromatic carbocycles. The number of carboxylic acid groups (broad SMARTS) is 1. The van der Waals surface area contributed by atoms with Gasteiger partial charge in [-0.1, -0.05) is 80.2 Å². The molecule has 22 nitrogen and oxygen atoms in total. The highest BCUT2D eigenvalue weighted by Gasteiger charge is 2.47. The van der Waals surface area contributed by atoms with Crippen LogP contribution in [0.15, 0.2) is 126 Å². The summed E-state index contributed by atoms with van der Waals surface area (Å²) in [6.07, 6.45) is 23.3. The van der Waals surface area contributed by atoms with Crippen molar-refractivity contribution >= 4 is 58.5 Å². The fraction of sp³-hybridized carbons (Fsp3) is 0.364. The second-order valence-corrected chi connectivity index (χ2v) is 23.9. The number of carbonyl (C=O) groups is 4. The third-order valence-electron chi connectivity index (χ3n) is 17.9. The summed E-state index contributed by atoms with van der Waals surface area (Å²) in [4.78, 5) is 74.4. The van der Waals surface area contributed by atoms with E-state index < -0.39 is 5.97 Å². The number of aromatic amines is 1. The van der Waals surface area contributed by atoms with Gasteiger partial charge >= 0.3 is 5.97 Å². The Morgan fingerprint density at radius 3 is 1.47 bits per heavy atom. The summed E-state index contributed by atoms with van der Waals surface area (Å²) in [7, 11) is 0. The van der Waals surface area contributed by atoms with Crippen LogP contribution >= 0.6 is 0 Å². The Morgan fingerprint density at radius 2 is 1.07 bits per heavy atom. The average molecular weight is 1180 g/mol. The van der Waals surface area contributed by atoms with Gasteiger partial charge in [0.05, 0.1) is 35.2 Å². The molecule has 3 amide bonds. The number of H-pyrrole nitrogens is 1. The number of carboxylic acids is 1. The number of aromatic nitrogens is 11. The van der Waals surface area contributed by atoms with Crippen LogP contribution in [0.5, 0.6) is 0 Å². The zero-order chi connectivity index (χ0) is 59.3. The molecule has 88 heavy (non-hydrogen) atoms. The molecular formula is C66H69N17O5. The molecule has 6 atom stereocenters. The number of piperidine rings is 2. The lowest BCUT2D eigenvalue weighted by molar-refractivity contribution is -0.129. The Bertz CT molecular complexity index is 4110. The Balaban J connectivity index is 0.000000144. The van der Waals surface area contributed by atoms with Gasteiger partial charge in [0.15, 0.2) is 17.0 Å². The lowest BCUT2D eigenvalue weighted by Crippen LogP contribution is -2.46. The number of hydrogen-bond acceptors (Lipinski definition) is 15. The van der Waals surface area contributed by atoms with Gasteiger partial charge in [0, 0.05) is 119 Å². The molecule has 0 spiro atoms. The number of nitrogens with zero attached hydrogens (tertiary/aromatic N) is 13. The van der Waals surface area contributed by atoms with E-state index in [-0.39, 0.29) is 54.7 Å². The predicted octanol–water partition coefficient (Wildman–Crippen LogP) is 10.8. The molecule has 448 valence electrons. The van der Waals surface area contributed by atoms with Gasteiger partial charge in [-0.2, -0.15) is 29.4 Å². The molecule has 12 heterocycles. The molecule has 5 N–H and O–H groups in total. The smallest absolute Gasteiger partial charge is 0.352 e. The molecule has 22 heteroatoms. The normalized spacial score (nSPS) is 21.4. The molecule has 5 aliphatic heterocycles. The molecule has 2 unspecified atom stereocenters. The van der Waals surface area contributed by atoms with E-state index in [2.05, 4.69) is 59.5 Å². The van der Waals surface area contributed by atoms with Crippen LogP contribution < -0.4 is 16.0 Å². The van der Waals surface area contributed by atoms with Crippen LogP contribution in [0.25, 0.3) is 56.1 Å². The maximum absolute atomic E-state index is 13.3. The molecule has 4 bridgehead atoms. The standard InChI is InChI=1S/C32H31N9O2.C29H30N6O.C4H4N2O2.CH4/c1-18(42)37-31-27(20-7-8-20)28(22-13-23-10-11-24(14-22)40(23)32(43)29-34-17-35-39-29)38-30-25(16-36-41(30)31)21-9-12-26(33-15-21)19-5-3-2-4-6-19;1-17(36)32-29-26(19-7-8-19)27(21-13-22-10-11-23(14-21)33-22)34-28-24(16-31-35(28)29)20-9-12-25(30-15-20)18-5-3-2-4-6-18;7-4(8)3-1-2-5-6-3;/h2-6,9,12,15-17,20,22-24H,7-8,10-11,13-14H2,1H3,(H,37,42)(H,34,35,39);2-6,9,12,15-16,19,21-23,33H,7-8,10-11,13-14H2,1H3,(H,32,36);2H,1H2,(H,7,8);1H4/t22?,23-,24+;21?,22-,23+;;. The summed E-state index contributed by atoms with van der Waals surface area (Å²) in [5.74, 6) is 1.86. The number of pyridine rings is 2. The van der Waals surface area contributed by atoms with Crippen molar-refractivity contribution in [3.63, 3.8) is 0 Å². The van der Waals surface area contributed by atoms with E-state index in [9.17, 15) is 19.2 Å². The molecule has 7 aromatic heterocycles. The lowest BCUT2D eigenvalue weighted by atomic mass is 9.85. The van der Waals surface area contributed by atoms with Gasteiger partial charge < -0.3 is 26.0 Å². The van der Waals surface area contributed by atoms with Gasteiger partial charge in [0.25, 0.3) is 5.91 Å². The van der Waals surface area contributed by atoms with E-state index in [0.29, 0.717) is 47.7 Å². The number of aliphatic carboxylic acids is 1. The topological polar surface area (TPSA) is 280 Å². The van der Waals surface area contributed by atoms with E-state index in [1.165, 1.54) is 43.6 Å². The molecule has 16 rings (SSSR count). The summed E-state index contributed by atoms with van der Waals surface area (Å²) in [6, 6.07) is 29.8. The van der Waals surface area contributed by atoms with E-state index in [1.54, 1.807) is 11.4 Å². The maximum Gasteiger partial charge on any atom is 0.352 e. The number of fused-ring (bicyclic) bond motifs is 6. The SMILES string of the molecule is C.CC(=O)Nc1c(C2CC2)c(C2C[C@H]3CC[C@@H](C2)N3)nc2c(-c3ccc(-c4ccccc4)nc3)cnn12.CC(=O)Nc1c(C2CC2)c(C2C[C@H]3CC[C@@H](C2)N3C(=O)c2ncn[nH]2)nc2c(-c3ccc(-c4ccccc4)nc3)cnn12.O=C(O)C1=NN=CC1. The Kier molecular flexibility index (Phi) is 15.8. The van der Waals surface area contributed by atoms with Crippen LogP contribution in [-0.4, -0.2) is 124 Å².